The van der Waals surface area contributed by atoms with Crippen molar-refractivity contribution in [1.82, 2.24) is 14.5 Å². The Morgan fingerprint density at radius 1 is 1.17 bits per heavy atom. The van der Waals surface area contributed by atoms with Crippen molar-refractivity contribution >= 4 is 28.4 Å². The van der Waals surface area contributed by atoms with Crippen LogP contribution in [-0.4, -0.2) is 40.6 Å². The Bertz CT molecular complexity index is 1210. The van der Waals surface area contributed by atoms with Crippen molar-refractivity contribution in [3.05, 3.63) is 69.5 Å². The van der Waals surface area contributed by atoms with Crippen LogP contribution in [0.15, 0.2) is 47.3 Å². The van der Waals surface area contributed by atoms with Crippen LogP contribution in [0.4, 0.5) is 4.39 Å². The number of hydrogen-bond acceptors (Lipinski definition) is 4. The minimum atomic E-state index is -0.574. The number of unbranched alkanes of at least 4 members (excludes halogenated alkanes) is 3. The molecule has 8 heteroatoms. The summed E-state index contributed by atoms with van der Waals surface area (Å²) in [4.78, 5) is 33.6. The molecule has 0 fully saturated rings. The normalized spacial score (nSPS) is 12.1. The molecule has 0 radical (unpaired) electrons. The fourth-order valence-electron chi connectivity index (χ4n) is 4.28. The third kappa shape index (κ3) is 6.27. The highest BCUT2D eigenvalue weighted by atomic mass is 35.5. The molecule has 1 unspecified atom stereocenters. The average molecular weight is 502 g/mol. The first kappa shape index (κ1) is 26.8. The van der Waals surface area contributed by atoms with E-state index in [1.54, 1.807) is 30.2 Å². The number of hydrogen-bond donors (Lipinski definition) is 0. The van der Waals surface area contributed by atoms with E-state index in [9.17, 15) is 14.0 Å². The van der Waals surface area contributed by atoms with Crippen molar-refractivity contribution in [2.45, 2.75) is 58.4 Å². The van der Waals surface area contributed by atoms with E-state index in [0.29, 0.717) is 48.4 Å². The minimum absolute atomic E-state index is 0.00361. The number of para-hydroxylation sites is 1. The number of carbonyl (C=O) groups is 1. The molecule has 1 amide bonds. The zero-order valence-corrected chi connectivity index (χ0v) is 21.4. The van der Waals surface area contributed by atoms with Crippen molar-refractivity contribution in [1.29, 1.82) is 0 Å². The molecule has 0 aliphatic carbocycles. The maximum absolute atomic E-state index is 13.9. The second-order valence-corrected chi connectivity index (χ2v) is 8.95. The Morgan fingerprint density at radius 3 is 2.63 bits per heavy atom. The van der Waals surface area contributed by atoms with Crippen LogP contribution in [0.2, 0.25) is 5.02 Å². The number of rotatable bonds is 12. The van der Waals surface area contributed by atoms with Gasteiger partial charge in [-0.15, -0.1) is 0 Å². The summed E-state index contributed by atoms with van der Waals surface area (Å²) < 4.78 is 20.7. The summed E-state index contributed by atoms with van der Waals surface area (Å²) in [7, 11) is 1.59. The zero-order valence-electron chi connectivity index (χ0n) is 20.6. The zero-order chi connectivity index (χ0) is 25.4. The molecule has 0 N–H and O–H groups in total. The van der Waals surface area contributed by atoms with Crippen LogP contribution in [0.25, 0.3) is 16.6 Å². The van der Waals surface area contributed by atoms with Crippen LogP contribution >= 0.6 is 11.6 Å². The van der Waals surface area contributed by atoms with Gasteiger partial charge in [-0.3, -0.25) is 14.2 Å². The molecule has 0 aliphatic heterocycles. The predicted octanol–water partition coefficient (Wildman–Crippen LogP) is 6.07. The van der Waals surface area contributed by atoms with E-state index in [1.807, 2.05) is 13.0 Å². The van der Waals surface area contributed by atoms with E-state index < -0.39 is 11.9 Å². The van der Waals surface area contributed by atoms with E-state index in [4.69, 9.17) is 21.3 Å². The Morgan fingerprint density at radius 2 is 1.94 bits per heavy atom. The number of fused-ring (bicyclic) bond motifs is 1. The summed E-state index contributed by atoms with van der Waals surface area (Å²) in [5.41, 5.74) is 0.640. The van der Waals surface area contributed by atoms with Crippen LogP contribution in [-0.2, 0) is 9.53 Å². The van der Waals surface area contributed by atoms with Crippen molar-refractivity contribution in [3.63, 3.8) is 0 Å². The quantitative estimate of drug-likeness (QED) is 0.282. The van der Waals surface area contributed by atoms with Gasteiger partial charge >= 0.3 is 0 Å². The number of carbonyl (C=O) groups excluding carboxylic acids is 1. The van der Waals surface area contributed by atoms with Gasteiger partial charge in [0, 0.05) is 20.1 Å². The standard InChI is InChI=1S/C27H33ClFN3O3/c1-4-6-7-8-13-25(33)31(16-17-35-3)24(5-2)26-30-23-12-10-9-11-20(23)27(34)32(26)19-14-15-22(29)21(28)18-19/h9-12,14-15,18,24H,4-8,13,16-17H2,1-3H3. The molecule has 35 heavy (non-hydrogen) atoms. The Balaban J connectivity index is 2.16. The molecule has 0 bridgehead atoms. The fourth-order valence-corrected chi connectivity index (χ4v) is 4.45. The van der Waals surface area contributed by atoms with Crippen LogP contribution in [0, 0.1) is 5.82 Å². The Labute approximate surface area is 210 Å². The molecule has 6 nitrogen and oxygen atoms in total. The highest BCUT2D eigenvalue weighted by molar-refractivity contribution is 6.30. The first-order valence-electron chi connectivity index (χ1n) is 12.2. The third-order valence-corrected chi connectivity index (χ3v) is 6.41. The lowest BCUT2D eigenvalue weighted by Gasteiger charge is -2.32. The summed E-state index contributed by atoms with van der Waals surface area (Å²) in [6.45, 7) is 4.82. The molecular formula is C27H33ClFN3O3. The lowest BCUT2D eigenvalue weighted by atomic mass is 10.1. The Kier molecular flexibility index (Phi) is 9.81. The molecule has 1 atom stereocenters. The van der Waals surface area contributed by atoms with Gasteiger partial charge in [0.25, 0.3) is 5.56 Å². The topological polar surface area (TPSA) is 64.4 Å². The summed E-state index contributed by atoms with van der Waals surface area (Å²) in [5.74, 6) is -0.164. The number of methoxy groups -OCH3 is 1. The van der Waals surface area contributed by atoms with Crippen LogP contribution in [0.3, 0.4) is 0 Å². The highest BCUT2D eigenvalue weighted by Crippen LogP contribution is 2.28. The van der Waals surface area contributed by atoms with E-state index in [2.05, 4.69) is 6.92 Å². The monoisotopic (exact) mass is 501 g/mol. The minimum Gasteiger partial charge on any atom is -0.383 e. The van der Waals surface area contributed by atoms with Crippen LogP contribution < -0.4 is 5.56 Å². The lowest BCUT2D eigenvalue weighted by Crippen LogP contribution is -2.40. The molecule has 3 aromatic rings. The van der Waals surface area contributed by atoms with Gasteiger partial charge < -0.3 is 9.64 Å². The van der Waals surface area contributed by atoms with Gasteiger partial charge in [-0.05, 0) is 43.2 Å². The van der Waals surface area contributed by atoms with Crippen molar-refractivity contribution in [2.75, 3.05) is 20.3 Å². The van der Waals surface area contributed by atoms with Gasteiger partial charge in [-0.1, -0.05) is 56.8 Å². The van der Waals surface area contributed by atoms with Gasteiger partial charge in [-0.2, -0.15) is 0 Å². The molecule has 0 spiro atoms. The molecule has 0 aliphatic rings. The number of amides is 1. The molecule has 1 aromatic heterocycles. The molecule has 3 rings (SSSR count). The van der Waals surface area contributed by atoms with Crippen molar-refractivity contribution < 1.29 is 13.9 Å². The number of ether oxygens (including phenoxy) is 1. The average Bonchev–Trinajstić information content (AvgIpc) is 2.86. The SMILES string of the molecule is CCCCCCC(=O)N(CCOC)C(CC)c1nc2ccccc2c(=O)n1-c1ccc(F)c(Cl)c1. The van der Waals surface area contributed by atoms with E-state index in [0.717, 1.165) is 25.7 Å². The van der Waals surface area contributed by atoms with Crippen molar-refractivity contribution in [2.24, 2.45) is 0 Å². The predicted molar refractivity (Wildman–Crippen MR) is 138 cm³/mol. The van der Waals surface area contributed by atoms with Crippen LogP contribution in [0.1, 0.15) is 64.2 Å². The molecule has 2 aromatic carbocycles. The highest BCUT2D eigenvalue weighted by Gasteiger charge is 2.29. The summed E-state index contributed by atoms with van der Waals surface area (Å²) >= 11 is 6.07. The first-order valence-corrected chi connectivity index (χ1v) is 12.6. The number of halogens is 2. The van der Waals surface area contributed by atoms with Crippen LogP contribution in [0.5, 0.6) is 0 Å². The maximum Gasteiger partial charge on any atom is 0.266 e. The fraction of sp³-hybridized carbons (Fsp3) is 0.444. The smallest absolute Gasteiger partial charge is 0.266 e. The first-order chi connectivity index (χ1) is 16.9. The van der Waals surface area contributed by atoms with Gasteiger partial charge in [0.15, 0.2) is 0 Å². The number of nitrogens with zero attached hydrogens (tertiary/aromatic N) is 3. The van der Waals surface area contributed by atoms with Gasteiger partial charge in [0.1, 0.15) is 11.6 Å². The Hall–Kier alpha value is -2.77. The van der Waals surface area contributed by atoms with E-state index in [-0.39, 0.29) is 16.5 Å². The van der Waals surface area contributed by atoms with Crippen molar-refractivity contribution in [3.8, 4) is 5.69 Å². The number of aromatic nitrogens is 2. The molecule has 188 valence electrons. The molecular weight excluding hydrogens is 469 g/mol. The van der Waals surface area contributed by atoms with E-state index in [1.165, 1.54) is 22.8 Å². The summed E-state index contributed by atoms with van der Waals surface area (Å²) in [6, 6.07) is 10.7. The second-order valence-electron chi connectivity index (χ2n) is 8.54. The van der Waals surface area contributed by atoms with Gasteiger partial charge in [0.2, 0.25) is 5.91 Å². The summed E-state index contributed by atoms with van der Waals surface area (Å²) in [6.07, 6.45) is 4.92. The van der Waals surface area contributed by atoms with Gasteiger partial charge in [-0.25, -0.2) is 9.37 Å². The van der Waals surface area contributed by atoms with Gasteiger partial charge in [0.05, 0.1) is 34.3 Å². The van der Waals surface area contributed by atoms with E-state index >= 15 is 0 Å². The summed E-state index contributed by atoms with van der Waals surface area (Å²) in [5, 5.41) is 0.339. The third-order valence-electron chi connectivity index (χ3n) is 6.12. The second kappa shape index (κ2) is 12.8. The maximum atomic E-state index is 13.9. The molecule has 1 heterocycles. The lowest BCUT2D eigenvalue weighted by molar-refractivity contribution is -0.135. The largest absolute Gasteiger partial charge is 0.383 e. The number of benzene rings is 2. The molecule has 0 saturated heterocycles. The molecule has 0 saturated carbocycles.